The van der Waals surface area contributed by atoms with E-state index in [1.165, 1.54) is 158 Å². The second-order valence-corrected chi connectivity index (χ2v) is 14.5. The molecule has 2 atom stereocenters. The molecule has 2 heteroatoms. The minimum absolute atomic E-state index is 0.00763. The van der Waals surface area contributed by atoms with Crippen LogP contribution in [0.4, 0.5) is 0 Å². The van der Waals surface area contributed by atoms with Gasteiger partial charge in [-0.3, -0.25) is 0 Å². The Morgan fingerprint density at radius 2 is 1.02 bits per heavy atom. The van der Waals surface area contributed by atoms with Gasteiger partial charge < -0.3 is 0 Å². The first-order valence-electron chi connectivity index (χ1n) is 19.8. The third-order valence-corrected chi connectivity index (χ3v) is 10.6. The highest BCUT2D eigenvalue weighted by molar-refractivity contribution is 5.32. The van der Waals surface area contributed by atoms with E-state index in [2.05, 4.69) is 103 Å². The molecule has 3 aromatic rings. The van der Waals surface area contributed by atoms with Gasteiger partial charge in [0.15, 0.2) is 0 Å². The van der Waals surface area contributed by atoms with Gasteiger partial charge >= 0.3 is 0 Å². The second kappa shape index (κ2) is 23.9. The van der Waals surface area contributed by atoms with E-state index in [9.17, 15) is 0 Å². The number of hydrogen-bond acceptors (Lipinski definition) is 0. The highest BCUT2D eigenvalue weighted by Gasteiger charge is 2.41. The van der Waals surface area contributed by atoms with E-state index in [4.69, 9.17) is 0 Å². The number of aromatic amines is 1. The summed E-state index contributed by atoms with van der Waals surface area (Å²) in [6.07, 6.45) is 36.1. The Morgan fingerprint density at radius 3 is 1.54 bits per heavy atom. The van der Waals surface area contributed by atoms with Crippen molar-refractivity contribution in [2.75, 3.05) is 0 Å². The number of aryl methyl sites for hydroxylation is 1. The van der Waals surface area contributed by atoms with E-state index in [-0.39, 0.29) is 5.41 Å². The number of aromatic nitrogens is 2. The number of H-pyrrole nitrogens is 1. The molecule has 0 spiro atoms. The molecule has 0 radical (unpaired) electrons. The molecule has 46 heavy (non-hydrogen) atoms. The molecule has 0 fully saturated rings. The summed E-state index contributed by atoms with van der Waals surface area (Å²) >= 11 is 0. The van der Waals surface area contributed by atoms with Gasteiger partial charge in [0.2, 0.25) is 0 Å². The van der Waals surface area contributed by atoms with Gasteiger partial charge in [0.05, 0.1) is 12.5 Å². The van der Waals surface area contributed by atoms with Gasteiger partial charge in [-0.2, -0.15) is 0 Å². The van der Waals surface area contributed by atoms with Crippen LogP contribution in [0, 0.1) is 0 Å². The fraction of sp³-hybridized carbons (Fsp3) is 0.659. The van der Waals surface area contributed by atoms with Gasteiger partial charge in [-0.25, -0.2) is 9.55 Å². The summed E-state index contributed by atoms with van der Waals surface area (Å²) in [4.78, 5) is 3.79. The van der Waals surface area contributed by atoms with Crippen molar-refractivity contribution in [1.29, 1.82) is 0 Å². The highest BCUT2D eigenvalue weighted by atomic mass is 15.1. The number of hydrogen-bond donors (Lipinski definition) is 1. The van der Waals surface area contributed by atoms with Gasteiger partial charge in [-0.1, -0.05) is 203 Å². The van der Waals surface area contributed by atoms with Crippen molar-refractivity contribution < 1.29 is 4.57 Å². The number of nitrogens with one attached hydrogen (secondary N) is 1. The van der Waals surface area contributed by atoms with Crippen LogP contribution in [0.1, 0.15) is 185 Å². The van der Waals surface area contributed by atoms with Crippen molar-refractivity contribution >= 4 is 0 Å². The molecule has 0 amide bonds. The Kier molecular flexibility index (Phi) is 19.8. The van der Waals surface area contributed by atoms with Crippen molar-refractivity contribution in [2.45, 2.75) is 186 Å². The third kappa shape index (κ3) is 14.2. The van der Waals surface area contributed by atoms with Crippen LogP contribution < -0.4 is 4.57 Å². The molecular formula is C44H71N2+. The zero-order valence-electron chi connectivity index (χ0n) is 30.4. The molecule has 0 aliphatic rings. The normalized spacial score (nSPS) is 13.5. The second-order valence-electron chi connectivity index (χ2n) is 14.5. The zero-order chi connectivity index (χ0) is 32.5. The summed E-state index contributed by atoms with van der Waals surface area (Å²) in [5.74, 6) is 1.87. The maximum atomic E-state index is 3.79. The van der Waals surface area contributed by atoms with E-state index in [0.29, 0.717) is 5.92 Å². The Bertz CT molecular complexity index is 1100. The lowest BCUT2D eigenvalue weighted by Crippen LogP contribution is -2.43. The molecule has 2 nitrogen and oxygen atoms in total. The number of nitrogens with zero attached hydrogens (tertiary/aromatic N) is 1. The molecule has 1 N–H and O–H groups in total. The van der Waals surface area contributed by atoms with Gasteiger partial charge in [0.1, 0.15) is 12.4 Å². The minimum atomic E-state index is 0.00763. The fourth-order valence-corrected chi connectivity index (χ4v) is 7.68. The van der Waals surface area contributed by atoms with Crippen molar-refractivity contribution in [3.63, 3.8) is 0 Å². The summed E-state index contributed by atoms with van der Waals surface area (Å²) in [6.45, 7) is 8.28. The lowest BCUT2D eigenvalue weighted by atomic mass is 9.66. The molecule has 1 heterocycles. The van der Waals surface area contributed by atoms with Crippen molar-refractivity contribution in [3.05, 3.63) is 90.0 Å². The Hall–Kier alpha value is -2.35. The van der Waals surface area contributed by atoms with Crippen LogP contribution in [-0.2, 0) is 18.4 Å². The van der Waals surface area contributed by atoms with Crippen molar-refractivity contribution in [1.82, 2.24) is 4.98 Å². The van der Waals surface area contributed by atoms with Crippen LogP contribution in [-0.4, -0.2) is 4.98 Å². The van der Waals surface area contributed by atoms with Crippen molar-refractivity contribution in [3.8, 4) is 0 Å². The number of imidazole rings is 1. The standard InChI is InChI=1S/C44H70N2/c1-4-6-8-10-12-13-14-15-16-17-18-19-20-22-30-37-46-38-36-45-43(46)42(35-29-21-11-9-7-5-2)44(3,41-33-27-24-28-34-41)39-40-31-25-23-26-32-40/h23-28,31-34,36,38,42H,4-22,29-30,35,37,39H2,1-3H3/p+1. The first kappa shape index (κ1) is 38.1. The highest BCUT2D eigenvalue weighted by Crippen LogP contribution is 2.43. The van der Waals surface area contributed by atoms with Crippen LogP contribution in [0.15, 0.2) is 73.1 Å². The Labute approximate surface area is 285 Å². The smallest absolute Gasteiger partial charge is 0.247 e. The van der Waals surface area contributed by atoms with E-state index in [1.54, 1.807) is 0 Å². The number of benzene rings is 2. The van der Waals surface area contributed by atoms with Crippen LogP contribution in [0.25, 0.3) is 0 Å². The van der Waals surface area contributed by atoms with E-state index in [1.807, 2.05) is 0 Å². The molecule has 0 saturated carbocycles. The lowest BCUT2D eigenvalue weighted by Gasteiger charge is -2.37. The summed E-state index contributed by atoms with van der Waals surface area (Å²) in [6, 6.07) is 22.6. The van der Waals surface area contributed by atoms with E-state index < -0.39 is 0 Å². The van der Waals surface area contributed by atoms with Crippen molar-refractivity contribution in [2.24, 2.45) is 0 Å². The van der Waals surface area contributed by atoms with Gasteiger partial charge in [0, 0.05) is 5.41 Å². The average molecular weight is 628 g/mol. The van der Waals surface area contributed by atoms with Gasteiger partial charge in [0.25, 0.3) is 5.82 Å². The molecule has 1 aromatic heterocycles. The zero-order valence-corrected chi connectivity index (χ0v) is 30.4. The average Bonchev–Trinajstić information content (AvgIpc) is 3.54. The van der Waals surface area contributed by atoms with Crippen LogP contribution >= 0.6 is 0 Å². The fourth-order valence-electron chi connectivity index (χ4n) is 7.68. The minimum Gasteiger partial charge on any atom is -0.247 e. The number of rotatable bonds is 28. The molecule has 0 aliphatic heterocycles. The Balaban J connectivity index is 1.54. The molecule has 0 aliphatic carbocycles. The van der Waals surface area contributed by atoms with E-state index >= 15 is 0 Å². The topological polar surface area (TPSA) is 19.7 Å². The summed E-state index contributed by atoms with van der Waals surface area (Å²) < 4.78 is 2.58. The summed E-state index contributed by atoms with van der Waals surface area (Å²) in [7, 11) is 0. The maximum Gasteiger partial charge on any atom is 0.258 e. The molecule has 2 aromatic carbocycles. The molecule has 0 saturated heterocycles. The molecule has 2 unspecified atom stereocenters. The monoisotopic (exact) mass is 628 g/mol. The maximum absolute atomic E-state index is 3.79. The lowest BCUT2D eigenvalue weighted by molar-refractivity contribution is -0.705. The Morgan fingerprint density at radius 1 is 0.565 bits per heavy atom. The first-order chi connectivity index (χ1) is 22.7. The first-order valence-corrected chi connectivity index (χ1v) is 19.8. The summed E-state index contributed by atoms with van der Waals surface area (Å²) in [5.41, 5.74) is 2.90. The third-order valence-electron chi connectivity index (χ3n) is 10.6. The molecule has 3 rings (SSSR count). The van der Waals surface area contributed by atoms with Crippen LogP contribution in [0.5, 0.6) is 0 Å². The molecule has 0 bridgehead atoms. The van der Waals surface area contributed by atoms with Crippen LogP contribution in [0.3, 0.4) is 0 Å². The summed E-state index contributed by atoms with van der Waals surface area (Å²) in [5, 5.41) is 0. The SMILES string of the molecule is CCCCCCCCCCCCCCCCC[n+]1cc[nH]c1C(CCCCCCCC)C(C)(Cc1ccccc1)c1ccccc1. The van der Waals surface area contributed by atoms with Crippen LogP contribution in [0.2, 0.25) is 0 Å². The van der Waals surface area contributed by atoms with Gasteiger partial charge in [-0.05, 0) is 36.8 Å². The number of unbranched alkanes of at least 4 members (excludes halogenated alkanes) is 19. The predicted molar refractivity (Wildman–Crippen MR) is 201 cm³/mol. The molecular weight excluding hydrogens is 556 g/mol. The van der Waals surface area contributed by atoms with Gasteiger partial charge in [-0.15, -0.1) is 0 Å². The molecule has 256 valence electrons. The predicted octanol–water partition coefficient (Wildman–Crippen LogP) is 13.2. The quantitative estimate of drug-likeness (QED) is 0.0610. The largest absolute Gasteiger partial charge is 0.258 e. The van der Waals surface area contributed by atoms with E-state index in [0.717, 1.165) is 13.0 Å².